The maximum atomic E-state index is 12.6. The second-order valence-corrected chi connectivity index (χ2v) is 9.42. The summed E-state index contributed by atoms with van der Waals surface area (Å²) in [5.41, 5.74) is 2.51. The molecule has 0 radical (unpaired) electrons. The molecule has 10 heteroatoms. The van der Waals surface area contributed by atoms with E-state index in [1.807, 2.05) is 12.1 Å². The third kappa shape index (κ3) is 3.75. The molecule has 0 bridgehead atoms. The number of fused-ring (bicyclic) bond motifs is 3. The van der Waals surface area contributed by atoms with Gasteiger partial charge in [0.15, 0.2) is 23.0 Å². The second-order valence-electron chi connectivity index (χ2n) is 9.42. The predicted octanol–water partition coefficient (Wildman–Crippen LogP) is 1.76. The number of aliphatic hydroxyl groups is 4. The zero-order valence-electron chi connectivity index (χ0n) is 19.9. The summed E-state index contributed by atoms with van der Waals surface area (Å²) < 4.78 is 28.4. The van der Waals surface area contributed by atoms with E-state index in [9.17, 15) is 25.2 Å². The van der Waals surface area contributed by atoms with Crippen molar-refractivity contribution < 1.29 is 48.9 Å². The van der Waals surface area contributed by atoms with Crippen LogP contribution in [0.25, 0.3) is 21.9 Å². The summed E-state index contributed by atoms with van der Waals surface area (Å²) in [5.74, 6) is 0.710. The Bertz CT molecular complexity index is 1380. The molecule has 1 fully saturated rings. The summed E-state index contributed by atoms with van der Waals surface area (Å²) in [7, 11) is 1.49. The first-order valence-corrected chi connectivity index (χ1v) is 12.0. The van der Waals surface area contributed by atoms with Crippen molar-refractivity contribution in [1.82, 2.24) is 0 Å². The number of hydrogen-bond acceptors (Lipinski definition) is 10. The molecule has 37 heavy (non-hydrogen) atoms. The van der Waals surface area contributed by atoms with E-state index in [1.165, 1.54) is 7.11 Å². The fourth-order valence-electron chi connectivity index (χ4n) is 5.41. The fraction of sp³-hybridized carbons (Fsp3) is 0.370. The van der Waals surface area contributed by atoms with Crippen LogP contribution in [0.4, 0.5) is 0 Å². The standard InChI is InChI=1S/C27H26O10/c1-33-18-5-3-12-6-15-16(10-34-27(15)32)21(13-2-4-17-19(7-13)36-11-35-17)22(12)26(18)37-20-8-14(9-28)23(29)25(31)24(20)30/h2-7,14,20,23-25,28-31H,8-11H2,1H3. The van der Waals surface area contributed by atoms with Gasteiger partial charge in [-0.25, -0.2) is 4.79 Å². The first-order valence-electron chi connectivity index (χ1n) is 12.0. The van der Waals surface area contributed by atoms with Gasteiger partial charge < -0.3 is 44.1 Å². The maximum Gasteiger partial charge on any atom is 0.338 e. The summed E-state index contributed by atoms with van der Waals surface area (Å²) in [6.07, 6.45) is -5.05. The van der Waals surface area contributed by atoms with Crippen LogP contribution in [0.5, 0.6) is 23.0 Å². The van der Waals surface area contributed by atoms with Gasteiger partial charge in [-0.1, -0.05) is 12.1 Å². The van der Waals surface area contributed by atoms with Gasteiger partial charge in [-0.05, 0) is 41.6 Å². The van der Waals surface area contributed by atoms with Crippen molar-refractivity contribution >= 4 is 16.7 Å². The van der Waals surface area contributed by atoms with Crippen LogP contribution in [0.3, 0.4) is 0 Å². The normalized spacial score (nSPS) is 26.2. The molecule has 0 saturated heterocycles. The van der Waals surface area contributed by atoms with E-state index in [0.29, 0.717) is 50.5 Å². The van der Waals surface area contributed by atoms with Crippen molar-refractivity contribution in [2.45, 2.75) is 37.4 Å². The molecule has 1 saturated carbocycles. The Labute approximate surface area is 211 Å². The smallest absolute Gasteiger partial charge is 0.338 e. The minimum atomic E-state index is -1.50. The van der Waals surface area contributed by atoms with Gasteiger partial charge in [0.2, 0.25) is 6.79 Å². The molecule has 3 aromatic carbocycles. The monoisotopic (exact) mass is 510 g/mol. The minimum Gasteiger partial charge on any atom is -0.493 e. The van der Waals surface area contributed by atoms with Crippen molar-refractivity contribution in [3.63, 3.8) is 0 Å². The van der Waals surface area contributed by atoms with E-state index in [1.54, 1.807) is 24.3 Å². The number of cyclic esters (lactones) is 1. The summed E-state index contributed by atoms with van der Waals surface area (Å²) in [6, 6.07) is 10.7. The summed E-state index contributed by atoms with van der Waals surface area (Å²) in [5, 5.41) is 42.4. The number of esters is 1. The van der Waals surface area contributed by atoms with Crippen LogP contribution in [0, 0.1) is 5.92 Å². The van der Waals surface area contributed by atoms with Crippen LogP contribution < -0.4 is 18.9 Å². The van der Waals surface area contributed by atoms with Gasteiger partial charge in [-0.3, -0.25) is 0 Å². The molecular weight excluding hydrogens is 484 g/mol. The first kappa shape index (κ1) is 23.8. The molecule has 0 amide bonds. The van der Waals surface area contributed by atoms with Crippen LogP contribution in [-0.4, -0.2) is 71.3 Å². The fourth-order valence-corrected chi connectivity index (χ4v) is 5.41. The molecule has 1 aliphatic carbocycles. The van der Waals surface area contributed by atoms with Gasteiger partial charge in [0.05, 0.1) is 18.8 Å². The maximum absolute atomic E-state index is 12.6. The number of rotatable bonds is 5. The van der Waals surface area contributed by atoms with Crippen molar-refractivity contribution in [2.75, 3.05) is 20.5 Å². The zero-order valence-corrected chi connectivity index (χ0v) is 19.9. The highest BCUT2D eigenvalue weighted by molar-refractivity contribution is 6.10. The van der Waals surface area contributed by atoms with Crippen molar-refractivity contribution in [3.05, 3.63) is 47.5 Å². The van der Waals surface area contributed by atoms with Crippen molar-refractivity contribution in [1.29, 1.82) is 0 Å². The highest BCUT2D eigenvalue weighted by Crippen LogP contribution is 2.48. The van der Waals surface area contributed by atoms with E-state index < -0.39 is 36.3 Å². The number of ether oxygens (including phenoxy) is 5. The zero-order chi connectivity index (χ0) is 25.8. The van der Waals surface area contributed by atoms with Crippen molar-refractivity contribution in [2.24, 2.45) is 5.92 Å². The van der Waals surface area contributed by atoms with E-state index >= 15 is 0 Å². The Hall–Kier alpha value is -3.57. The predicted molar refractivity (Wildman–Crippen MR) is 129 cm³/mol. The molecular formula is C27H26O10. The molecule has 5 unspecified atom stereocenters. The average Bonchev–Trinajstić information content (AvgIpc) is 3.53. The molecule has 3 aliphatic rings. The molecule has 194 valence electrons. The lowest BCUT2D eigenvalue weighted by molar-refractivity contribution is -0.156. The first-order chi connectivity index (χ1) is 17.9. The molecule has 3 aromatic rings. The lowest BCUT2D eigenvalue weighted by Gasteiger charge is -2.40. The van der Waals surface area contributed by atoms with E-state index in [0.717, 1.165) is 5.56 Å². The largest absolute Gasteiger partial charge is 0.493 e. The molecule has 6 rings (SSSR count). The van der Waals surface area contributed by atoms with Crippen LogP contribution in [0.2, 0.25) is 0 Å². The third-order valence-corrected chi connectivity index (χ3v) is 7.38. The molecule has 4 N–H and O–H groups in total. The highest BCUT2D eigenvalue weighted by atomic mass is 16.7. The lowest BCUT2D eigenvalue weighted by Crippen LogP contribution is -2.56. The van der Waals surface area contributed by atoms with Crippen LogP contribution >= 0.6 is 0 Å². The Morgan fingerprint density at radius 2 is 1.78 bits per heavy atom. The lowest BCUT2D eigenvalue weighted by atomic mass is 9.81. The Kier molecular flexibility index (Phi) is 5.84. The van der Waals surface area contributed by atoms with Gasteiger partial charge in [-0.2, -0.15) is 0 Å². The number of carbonyl (C=O) groups is 1. The average molecular weight is 510 g/mol. The molecule has 0 spiro atoms. The SMILES string of the molecule is COc1ccc2cc3c(c(-c4ccc5c(c4)OCO5)c2c1OC1CC(CO)C(O)C(O)C1O)COC3=O. The summed E-state index contributed by atoms with van der Waals surface area (Å²) in [6.45, 7) is -0.211. The second kappa shape index (κ2) is 9.07. The Morgan fingerprint density at radius 3 is 2.57 bits per heavy atom. The molecule has 5 atom stereocenters. The van der Waals surface area contributed by atoms with Crippen LogP contribution in [0.15, 0.2) is 36.4 Å². The minimum absolute atomic E-state index is 0.0636. The number of carbonyl (C=O) groups excluding carboxylic acids is 1. The van der Waals surface area contributed by atoms with Gasteiger partial charge in [0, 0.05) is 29.0 Å². The Balaban J connectivity index is 1.57. The van der Waals surface area contributed by atoms with Gasteiger partial charge in [0.25, 0.3) is 0 Å². The van der Waals surface area contributed by atoms with Gasteiger partial charge in [-0.15, -0.1) is 0 Å². The number of methoxy groups -OCH3 is 1. The molecule has 2 heterocycles. The van der Waals surface area contributed by atoms with E-state index in [-0.39, 0.29) is 26.4 Å². The molecule has 0 aromatic heterocycles. The summed E-state index contributed by atoms with van der Waals surface area (Å²) >= 11 is 0. The van der Waals surface area contributed by atoms with E-state index in [2.05, 4.69) is 0 Å². The topological polar surface area (TPSA) is 144 Å². The van der Waals surface area contributed by atoms with Gasteiger partial charge in [0.1, 0.15) is 24.9 Å². The number of hydrogen-bond donors (Lipinski definition) is 4. The Morgan fingerprint density at radius 1 is 0.973 bits per heavy atom. The summed E-state index contributed by atoms with van der Waals surface area (Å²) in [4.78, 5) is 12.6. The van der Waals surface area contributed by atoms with E-state index in [4.69, 9.17) is 23.7 Å². The molecule has 10 nitrogen and oxygen atoms in total. The number of benzene rings is 3. The van der Waals surface area contributed by atoms with Gasteiger partial charge >= 0.3 is 5.97 Å². The van der Waals surface area contributed by atoms with Crippen LogP contribution in [0.1, 0.15) is 22.3 Å². The molecule has 2 aliphatic heterocycles. The third-order valence-electron chi connectivity index (χ3n) is 7.38. The highest BCUT2D eigenvalue weighted by Gasteiger charge is 2.44. The van der Waals surface area contributed by atoms with Crippen LogP contribution in [-0.2, 0) is 11.3 Å². The quantitative estimate of drug-likeness (QED) is 0.375. The number of aliphatic hydroxyl groups excluding tert-OH is 4. The van der Waals surface area contributed by atoms with Crippen molar-refractivity contribution in [3.8, 4) is 34.1 Å².